The Bertz CT molecular complexity index is 938. The van der Waals surface area contributed by atoms with Crippen molar-refractivity contribution in [1.29, 1.82) is 0 Å². The van der Waals surface area contributed by atoms with Gasteiger partial charge in [0.1, 0.15) is 11.5 Å². The van der Waals surface area contributed by atoms with Gasteiger partial charge in [-0.15, -0.1) is 0 Å². The predicted molar refractivity (Wildman–Crippen MR) is 117 cm³/mol. The van der Waals surface area contributed by atoms with Crippen LogP contribution in [0.15, 0.2) is 54.4 Å². The second-order valence-electron chi connectivity index (χ2n) is 7.85. The Kier molecular flexibility index (Phi) is 7.41. The number of carbonyl (C=O) groups excluding carboxylic acids is 2. The minimum Gasteiger partial charge on any atom is -0.507 e. The number of benzene rings is 1. The summed E-state index contributed by atoms with van der Waals surface area (Å²) in [6, 6.07) is 9.68. The lowest BCUT2D eigenvalue weighted by Gasteiger charge is -2.25. The van der Waals surface area contributed by atoms with Crippen LogP contribution in [0.3, 0.4) is 0 Å². The Morgan fingerprint density at radius 3 is 2.55 bits per heavy atom. The van der Waals surface area contributed by atoms with Crippen molar-refractivity contribution in [2.45, 2.75) is 26.3 Å². The Morgan fingerprint density at radius 1 is 1.19 bits per heavy atom. The fraction of sp³-hybridized carbons (Fsp3) is 0.375. The SMILES string of the molecule is COCCCN1C(=O)C(=O)C(=C(O)c2ccc(OCC(C)C)cc2)[C@@H]1c1cccnc1. The average Bonchev–Trinajstić information content (AvgIpc) is 3.03. The monoisotopic (exact) mass is 424 g/mol. The fourth-order valence-electron chi connectivity index (χ4n) is 3.50. The van der Waals surface area contributed by atoms with E-state index in [0.717, 1.165) is 0 Å². The number of amides is 1. The number of pyridine rings is 1. The number of ether oxygens (including phenoxy) is 2. The normalized spacial score (nSPS) is 18.1. The topological polar surface area (TPSA) is 89.0 Å². The van der Waals surface area contributed by atoms with Crippen LogP contribution in [0.1, 0.15) is 37.4 Å². The largest absolute Gasteiger partial charge is 0.507 e. The van der Waals surface area contributed by atoms with Crippen LogP contribution in [0.2, 0.25) is 0 Å². The first-order valence-corrected chi connectivity index (χ1v) is 10.3. The van der Waals surface area contributed by atoms with Crippen molar-refractivity contribution in [1.82, 2.24) is 9.88 Å². The summed E-state index contributed by atoms with van der Waals surface area (Å²) in [4.78, 5) is 31.3. The summed E-state index contributed by atoms with van der Waals surface area (Å²) < 4.78 is 10.8. The molecule has 1 saturated heterocycles. The molecule has 1 aromatic carbocycles. The van der Waals surface area contributed by atoms with Gasteiger partial charge in [0.05, 0.1) is 18.2 Å². The van der Waals surface area contributed by atoms with Gasteiger partial charge >= 0.3 is 0 Å². The molecule has 0 spiro atoms. The third kappa shape index (κ3) is 5.11. The van der Waals surface area contributed by atoms with E-state index in [4.69, 9.17) is 9.47 Å². The molecule has 3 rings (SSSR count). The van der Waals surface area contributed by atoms with Crippen LogP contribution in [0, 0.1) is 5.92 Å². The average molecular weight is 424 g/mol. The van der Waals surface area contributed by atoms with Gasteiger partial charge in [-0.05, 0) is 48.2 Å². The van der Waals surface area contributed by atoms with Crippen molar-refractivity contribution in [2.24, 2.45) is 5.92 Å². The Balaban J connectivity index is 1.98. The van der Waals surface area contributed by atoms with E-state index in [9.17, 15) is 14.7 Å². The molecule has 1 aliphatic rings. The molecule has 1 aromatic heterocycles. The van der Waals surface area contributed by atoms with E-state index in [1.165, 1.54) is 4.90 Å². The van der Waals surface area contributed by atoms with Crippen LogP contribution in [0.5, 0.6) is 5.75 Å². The van der Waals surface area contributed by atoms with E-state index < -0.39 is 17.7 Å². The summed E-state index contributed by atoms with van der Waals surface area (Å²) >= 11 is 0. The molecule has 31 heavy (non-hydrogen) atoms. The van der Waals surface area contributed by atoms with Crippen molar-refractivity contribution in [2.75, 3.05) is 26.9 Å². The highest BCUT2D eigenvalue weighted by Gasteiger charge is 2.45. The van der Waals surface area contributed by atoms with E-state index in [2.05, 4.69) is 18.8 Å². The molecule has 0 unspecified atom stereocenters. The number of Topliss-reactive ketones (excluding diaryl/α,β-unsaturated/α-hetero) is 1. The molecular weight excluding hydrogens is 396 g/mol. The predicted octanol–water partition coefficient (Wildman–Crippen LogP) is 3.57. The maximum absolute atomic E-state index is 12.9. The minimum absolute atomic E-state index is 0.0614. The van der Waals surface area contributed by atoms with Gasteiger partial charge in [-0.25, -0.2) is 0 Å². The number of nitrogens with zero attached hydrogens (tertiary/aromatic N) is 2. The number of aromatic nitrogens is 1. The van der Waals surface area contributed by atoms with Gasteiger partial charge in [0.15, 0.2) is 0 Å². The summed E-state index contributed by atoms with van der Waals surface area (Å²) in [5, 5.41) is 11.0. The molecule has 1 atom stereocenters. The number of aliphatic hydroxyl groups excluding tert-OH is 1. The van der Waals surface area contributed by atoms with Crippen molar-refractivity contribution in [3.05, 3.63) is 65.5 Å². The van der Waals surface area contributed by atoms with Crippen LogP contribution < -0.4 is 4.74 Å². The van der Waals surface area contributed by atoms with Crippen LogP contribution in [0.4, 0.5) is 0 Å². The molecule has 0 radical (unpaired) electrons. The van der Waals surface area contributed by atoms with Gasteiger partial charge in [0, 0.05) is 38.2 Å². The Morgan fingerprint density at radius 2 is 1.94 bits per heavy atom. The first kappa shape index (κ1) is 22.5. The number of methoxy groups -OCH3 is 1. The van der Waals surface area contributed by atoms with Gasteiger partial charge in [0.2, 0.25) is 0 Å². The Hall–Kier alpha value is -3.19. The summed E-state index contributed by atoms with van der Waals surface area (Å²) in [6.07, 6.45) is 3.80. The number of aliphatic hydroxyl groups is 1. The molecule has 1 amide bonds. The van der Waals surface area contributed by atoms with Crippen LogP contribution in [-0.2, 0) is 14.3 Å². The lowest BCUT2D eigenvalue weighted by molar-refractivity contribution is -0.140. The lowest BCUT2D eigenvalue weighted by atomic mass is 9.96. The second kappa shape index (κ2) is 10.2. The second-order valence-corrected chi connectivity index (χ2v) is 7.85. The molecule has 1 fully saturated rings. The maximum Gasteiger partial charge on any atom is 0.295 e. The van der Waals surface area contributed by atoms with E-state index in [1.807, 2.05) is 0 Å². The van der Waals surface area contributed by atoms with Gasteiger partial charge in [-0.2, -0.15) is 0 Å². The van der Waals surface area contributed by atoms with Crippen LogP contribution in [0.25, 0.3) is 5.76 Å². The molecule has 1 N–H and O–H groups in total. The number of ketones is 1. The molecule has 7 heteroatoms. The smallest absolute Gasteiger partial charge is 0.295 e. The number of rotatable bonds is 9. The first-order valence-electron chi connectivity index (χ1n) is 10.3. The summed E-state index contributed by atoms with van der Waals surface area (Å²) in [7, 11) is 1.58. The number of hydrogen-bond acceptors (Lipinski definition) is 6. The molecular formula is C24H28N2O5. The molecule has 0 bridgehead atoms. The van der Waals surface area contributed by atoms with Gasteiger partial charge < -0.3 is 19.5 Å². The highest BCUT2D eigenvalue weighted by atomic mass is 16.5. The Labute approximate surface area is 182 Å². The van der Waals surface area contributed by atoms with E-state index >= 15 is 0 Å². The molecule has 0 saturated carbocycles. The number of hydrogen-bond donors (Lipinski definition) is 1. The fourth-order valence-corrected chi connectivity index (χ4v) is 3.50. The summed E-state index contributed by atoms with van der Waals surface area (Å²) in [6.45, 7) is 5.49. The highest BCUT2D eigenvalue weighted by molar-refractivity contribution is 6.46. The van der Waals surface area contributed by atoms with Gasteiger partial charge in [-0.1, -0.05) is 19.9 Å². The van der Waals surface area contributed by atoms with Gasteiger partial charge in [0.25, 0.3) is 11.7 Å². The van der Waals surface area contributed by atoms with Crippen molar-refractivity contribution in [3.63, 3.8) is 0 Å². The van der Waals surface area contributed by atoms with E-state index in [1.54, 1.807) is 55.9 Å². The van der Waals surface area contributed by atoms with Crippen molar-refractivity contribution in [3.8, 4) is 5.75 Å². The van der Waals surface area contributed by atoms with E-state index in [0.29, 0.717) is 49.0 Å². The third-order valence-electron chi connectivity index (χ3n) is 5.00. The zero-order valence-corrected chi connectivity index (χ0v) is 18.1. The third-order valence-corrected chi connectivity index (χ3v) is 5.00. The number of likely N-dealkylation sites (tertiary alicyclic amines) is 1. The van der Waals surface area contributed by atoms with Crippen LogP contribution >= 0.6 is 0 Å². The van der Waals surface area contributed by atoms with Crippen molar-refractivity contribution < 1.29 is 24.2 Å². The quantitative estimate of drug-likeness (QED) is 0.286. The first-order chi connectivity index (χ1) is 14.9. The lowest BCUT2D eigenvalue weighted by Crippen LogP contribution is -2.31. The zero-order chi connectivity index (χ0) is 22.4. The molecule has 2 heterocycles. The molecule has 164 valence electrons. The summed E-state index contributed by atoms with van der Waals surface area (Å²) in [5.74, 6) is -0.486. The number of carbonyl (C=O) groups is 2. The molecule has 2 aromatic rings. The van der Waals surface area contributed by atoms with Crippen LogP contribution in [-0.4, -0.2) is 53.5 Å². The molecule has 1 aliphatic heterocycles. The highest BCUT2D eigenvalue weighted by Crippen LogP contribution is 2.39. The summed E-state index contributed by atoms with van der Waals surface area (Å²) in [5.41, 5.74) is 1.17. The molecule has 0 aliphatic carbocycles. The maximum atomic E-state index is 12.9. The van der Waals surface area contributed by atoms with Crippen molar-refractivity contribution >= 4 is 17.4 Å². The minimum atomic E-state index is -0.706. The standard InChI is InChI=1S/C24H28N2O5/c1-16(2)15-31-19-9-7-17(8-10-19)22(27)20-21(18-6-4-11-25-14-18)26(12-5-13-30-3)24(29)23(20)28/h4,6-11,14,16,21,27H,5,12-13,15H2,1-3H3/t21-/m0/s1. The molecule has 7 nitrogen and oxygen atoms in total. The van der Waals surface area contributed by atoms with E-state index in [-0.39, 0.29) is 11.3 Å². The van der Waals surface area contributed by atoms with Gasteiger partial charge in [-0.3, -0.25) is 14.6 Å². The zero-order valence-electron chi connectivity index (χ0n) is 18.1.